The SMILES string of the molecule is Nc1nn2cc(-c3cccc(CN4CCOCC4)c3)cnc2c1-c1ccccn1. The van der Waals surface area contributed by atoms with Gasteiger partial charge in [-0.3, -0.25) is 9.88 Å². The zero-order chi connectivity index (χ0) is 19.6. The Balaban J connectivity index is 1.47. The van der Waals surface area contributed by atoms with Gasteiger partial charge in [-0.1, -0.05) is 24.3 Å². The predicted molar refractivity (Wildman–Crippen MR) is 112 cm³/mol. The van der Waals surface area contributed by atoms with Crippen LogP contribution in [-0.4, -0.2) is 50.8 Å². The average molecular weight is 386 g/mol. The number of nitrogen functional groups attached to an aromatic ring is 1. The van der Waals surface area contributed by atoms with E-state index in [-0.39, 0.29) is 0 Å². The third-order valence-corrected chi connectivity index (χ3v) is 5.19. The number of hydrogen-bond acceptors (Lipinski definition) is 6. The Morgan fingerprint density at radius 1 is 1.00 bits per heavy atom. The molecule has 29 heavy (non-hydrogen) atoms. The van der Waals surface area contributed by atoms with Gasteiger partial charge in [-0.2, -0.15) is 0 Å². The molecule has 1 fully saturated rings. The topological polar surface area (TPSA) is 81.6 Å². The molecule has 146 valence electrons. The van der Waals surface area contributed by atoms with Gasteiger partial charge in [0, 0.05) is 43.8 Å². The normalized spacial score (nSPS) is 15.0. The molecule has 0 bridgehead atoms. The minimum absolute atomic E-state index is 0.425. The average Bonchev–Trinajstić information content (AvgIpc) is 3.10. The first kappa shape index (κ1) is 17.8. The van der Waals surface area contributed by atoms with E-state index >= 15 is 0 Å². The van der Waals surface area contributed by atoms with E-state index in [1.54, 1.807) is 10.7 Å². The molecule has 0 spiro atoms. The lowest BCUT2D eigenvalue weighted by Crippen LogP contribution is -2.35. The Hall–Kier alpha value is -3.29. The first-order chi connectivity index (χ1) is 14.3. The summed E-state index contributed by atoms with van der Waals surface area (Å²) in [4.78, 5) is 11.5. The van der Waals surface area contributed by atoms with Gasteiger partial charge < -0.3 is 10.5 Å². The van der Waals surface area contributed by atoms with Gasteiger partial charge in [-0.15, -0.1) is 5.10 Å². The van der Waals surface area contributed by atoms with Gasteiger partial charge in [-0.05, 0) is 29.3 Å². The molecule has 0 saturated carbocycles. The summed E-state index contributed by atoms with van der Waals surface area (Å²) in [5, 5.41) is 4.46. The van der Waals surface area contributed by atoms with E-state index in [9.17, 15) is 0 Å². The Labute approximate surface area is 168 Å². The molecule has 2 N–H and O–H groups in total. The fraction of sp³-hybridized carbons (Fsp3) is 0.227. The highest BCUT2D eigenvalue weighted by atomic mass is 16.5. The Kier molecular flexibility index (Phi) is 4.67. The van der Waals surface area contributed by atoms with Crippen molar-refractivity contribution >= 4 is 11.5 Å². The van der Waals surface area contributed by atoms with Gasteiger partial charge in [0.25, 0.3) is 0 Å². The highest BCUT2D eigenvalue weighted by Gasteiger charge is 2.16. The summed E-state index contributed by atoms with van der Waals surface area (Å²) in [6, 6.07) is 14.3. The summed E-state index contributed by atoms with van der Waals surface area (Å²) in [5.41, 5.74) is 11.8. The van der Waals surface area contributed by atoms with Crippen molar-refractivity contribution in [2.24, 2.45) is 0 Å². The molecule has 1 saturated heterocycles. The van der Waals surface area contributed by atoms with Gasteiger partial charge in [0.05, 0.1) is 24.5 Å². The number of aromatic nitrogens is 4. The Morgan fingerprint density at radius 3 is 2.72 bits per heavy atom. The summed E-state index contributed by atoms with van der Waals surface area (Å²) in [5.74, 6) is 0.425. The zero-order valence-electron chi connectivity index (χ0n) is 16.0. The van der Waals surface area contributed by atoms with Crippen LogP contribution >= 0.6 is 0 Å². The van der Waals surface area contributed by atoms with Crippen LogP contribution in [0.5, 0.6) is 0 Å². The van der Waals surface area contributed by atoms with Gasteiger partial charge in [0.15, 0.2) is 11.5 Å². The highest BCUT2D eigenvalue weighted by Crippen LogP contribution is 2.29. The lowest BCUT2D eigenvalue weighted by Gasteiger charge is -2.26. The number of nitrogens with two attached hydrogens (primary N) is 1. The quantitative estimate of drug-likeness (QED) is 0.581. The molecule has 4 aromatic rings. The number of rotatable bonds is 4. The van der Waals surface area contributed by atoms with E-state index in [1.807, 2.05) is 30.6 Å². The summed E-state index contributed by atoms with van der Waals surface area (Å²) in [6.07, 6.45) is 5.59. The molecule has 7 nitrogen and oxygen atoms in total. The molecule has 5 rings (SSSR count). The van der Waals surface area contributed by atoms with E-state index < -0.39 is 0 Å². The maximum absolute atomic E-state index is 6.17. The maximum Gasteiger partial charge on any atom is 0.166 e. The number of fused-ring (bicyclic) bond motifs is 1. The molecular weight excluding hydrogens is 364 g/mol. The second-order valence-electron chi connectivity index (χ2n) is 7.17. The number of ether oxygens (including phenoxy) is 1. The molecule has 4 heterocycles. The van der Waals surface area contributed by atoms with Crippen molar-refractivity contribution in [3.63, 3.8) is 0 Å². The summed E-state index contributed by atoms with van der Waals surface area (Å²) >= 11 is 0. The van der Waals surface area contributed by atoms with Gasteiger partial charge in [0.2, 0.25) is 0 Å². The highest BCUT2D eigenvalue weighted by molar-refractivity contribution is 5.84. The van der Waals surface area contributed by atoms with E-state index in [0.29, 0.717) is 11.5 Å². The maximum atomic E-state index is 6.17. The molecule has 0 unspecified atom stereocenters. The van der Waals surface area contributed by atoms with Gasteiger partial charge in [0.1, 0.15) is 0 Å². The molecular formula is C22H22N6O. The predicted octanol–water partition coefficient (Wildman–Crippen LogP) is 2.87. The van der Waals surface area contributed by atoms with Crippen LogP contribution in [0.2, 0.25) is 0 Å². The second-order valence-corrected chi connectivity index (χ2v) is 7.17. The van der Waals surface area contributed by atoms with E-state index in [2.05, 4.69) is 44.2 Å². The fourth-order valence-electron chi connectivity index (χ4n) is 3.72. The van der Waals surface area contributed by atoms with E-state index in [1.165, 1.54) is 5.56 Å². The van der Waals surface area contributed by atoms with Crippen molar-refractivity contribution in [1.29, 1.82) is 0 Å². The first-order valence-electron chi connectivity index (χ1n) is 9.72. The van der Waals surface area contributed by atoms with Crippen LogP contribution in [0.4, 0.5) is 5.82 Å². The number of nitrogens with zero attached hydrogens (tertiary/aromatic N) is 5. The molecule has 1 aliphatic heterocycles. The van der Waals surface area contributed by atoms with Crippen LogP contribution in [0, 0.1) is 0 Å². The van der Waals surface area contributed by atoms with Crippen molar-refractivity contribution in [3.8, 4) is 22.4 Å². The molecule has 7 heteroatoms. The molecule has 0 atom stereocenters. The van der Waals surface area contributed by atoms with Crippen molar-refractivity contribution < 1.29 is 4.74 Å². The lowest BCUT2D eigenvalue weighted by atomic mass is 10.1. The summed E-state index contributed by atoms with van der Waals surface area (Å²) < 4.78 is 7.18. The molecule has 3 aromatic heterocycles. The minimum Gasteiger partial charge on any atom is -0.382 e. The van der Waals surface area contributed by atoms with Crippen LogP contribution in [0.25, 0.3) is 28.0 Å². The molecule has 0 amide bonds. The first-order valence-corrected chi connectivity index (χ1v) is 9.72. The molecule has 0 radical (unpaired) electrons. The zero-order valence-corrected chi connectivity index (χ0v) is 16.0. The lowest BCUT2D eigenvalue weighted by molar-refractivity contribution is 0.0342. The molecule has 1 aromatic carbocycles. The summed E-state index contributed by atoms with van der Waals surface area (Å²) in [6.45, 7) is 4.48. The van der Waals surface area contributed by atoms with Gasteiger partial charge >= 0.3 is 0 Å². The Bertz CT molecular complexity index is 1130. The summed E-state index contributed by atoms with van der Waals surface area (Å²) in [7, 11) is 0. The van der Waals surface area contributed by atoms with Crippen LogP contribution in [0.1, 0.15) is 5.56 Å². The second kappa shape index (κ2) is 7.62. The van der Waals surface area contributed by atoms with Crippen LogP contribution in [0.3, 0.4) is 0 Å². The standard InChI is InChI=1S/C22H22N6O/c23-21-20(19-6-1-2-7-24-19)22-25-13-18(15-28(22)26-21)17-5-3-4-16(12-17)14-27-8-10-29-11-9-27/h1-7,12-13,15H,8-11,14H2,(H2,23,26). The number of benzene rings is 1. The smallest absolute Gasteiger partial charge is 0.166 e. The number of morpholine rings is 1. The number of hydrogen-bond donors (Lipinski definition) is 1. The van der Waals surface area contributed by atoms with Crippen LogP contribution in [0.15, 0.2) is 61.1 Å². The van der Waals surface area contributed by atoms with Gasteiger partial charge in [-0.25, -0.2) is 9.50 Å². The number of pyridine rings is 1. The fourth-order valence-corrected chi connectivity index (χ4v) is 3.72. The van der Waals surface area contributed by atoms with Crippen LogP contribution in [-0.2, 0) is 11.3 Å². The van der Waals surface area contributed by atoms with Crippen molar-refractivity contribution in [1.82, 2.24) is 24.5 Å². The van der Waals surface area contributed by atoms with Crippen molar-refractivity contribution in [3.05, 3.63) is 66.6 Å². The monoisotopic (exact) mass is 386 g/mol. The van der Waals surface area contributed by atoms with E-state index in [0.717, 1.165) is 55.2 Å². The number of anilines is 1. The minimum atomic E-state index is 0.425. The molecule has 1 aliphatic rings. The molecule has 0 aliphatic carbocycles. The van der Waals surface area contributed by atoms with Crippen LogP contribution < -0.4 is 5.73 Å². The van der Waals surface area contributed by atoms with Crippen molar-refractivity contribution in [2.45, 2.75) is 6.54 Å². The van der Waals surface area contributed by atoms with Crippen molar-refractivity contribution in [2.75, 3.05) is 32.0 Å². The third-order valence-electron chi connectivity index (χ3n) is 5.19. The Morgan fingerprint density at radius 2 is 1.90 bits per heavy atom. The third kappa shape index (κ3) is 3.57. The largest absolute Gasteiger partial charge is 0.382 e. The van der Waals surface area contributed by atoms with E-state index in [4.69, 9.17) is 10.5 Å².